The number of anilines is 1. The van der Waals surface area contributed by atoms with Gasteiger partial charge in [0.25, 0.3) is 0 Å². The summed E-state index contributed by atoms with van der Waals surface area (Å²) in [6, 6.07) is 12.1. The number of esters is 1. The lowest BCUT2D eigenvalue weighted by molar-refractivity contribution is -0.143. The molecule has 2 atom stereocenters. The molecule has 0 aromatic heterocycles. The van der Waals surface area contributed by atoms with Gasteiger partial charge >= 0.3 is 5.97 Å². The predicted molar refractivity (Wildman–Crippen MR) is 108 cm³/mol. The van der Waals surface area contributed by atoms with Gasteiger partial charge in [0.1, 0.15) is 5.75 Å². The molecule has 2 aromatic carbocycles. The molecule has 6 heteroatoms. The maximum atomic E-state index is 11.9. The number of rotatable bonds is 8. The van der Waals surface area contributed by atoms with Crippen LogP contribution in [0.15, 0.2) is 36.4 Å². The number of ether oxygens (including phenoxy) is 4. The predicted octanol–water partition coefficient (Wildman–Crippen LogP) is 3.98. The smallest absolute Gasteiger partial charge is 0.305 e. The first-order valence-corrected chi connectivity index (χ1v) is 9.43. The van der Waals surface area contributed by atoms with Gasteiger partial charge in [0.15, 0.2) is 11.5 Å². The van der Waals surface area contributed by atoms with Gasteiger partial charge in [0, 0.05) is 30.1 Å². The summed E-state index contributed by atoms with van der Waals surface area (Å²) >= 11 is 0. The Morgan fingerprint density at radius 3 is 2.29 bits per heavy atom. The van der Waals surface area contributed by atoms with Crippen molar-refractivity contribution in [1.82, 2.24) is 0 Å². The molecule has 150 valence electrons. The lowest BCUT2D eigenvalue weighted by Gasteiger charge is -2.21. The number of nitrogens with one attached hydrogen (secondary N) is 1. The van der Waals surface area contributed by atoms with Crippen molar-refractivity contribution in [3.8, 4) is 17.2 Å². The second-order valence-corrected chi connectivity index (χ2v) is 6.64. The van der Waals surface area contributed by atoms with Crippen LogP contribution >= 0.6 is 0 Å². The van der Waals surface area contributed by atoms with Gasteiger partial charge in [-0.15, -0.1) is 0 Å². The van der Waals surface area contributed by atoms with Gasteiger partial charge in [-0.2, -0.15) is 0 Å². The fourth-order valence-electron chi connectivity index (χ4n) is 3.75. The van der Waals surface area contributed by atoms with Crippen LogP contribution in [-0.4, -0.2) is 39.9 Å². The summed E-state index contributed by atoms with van der Waals surface area (Å²) in [7, 11) is 4.91. The maximum absolute atomic E-state index is 11.9. The molecule has 28 heavy (non-hydrogen) atoms. The monoisotopic (exact) mass is 385 g/mol. The average Bonchev–Trinajstić information content (AvgIpc) is 3.08. The molecule has 3 rings (SSSR count). The summed E-state index contributed by atoms with van der Waals surface area (Å²) in [5.41, 5.74) is 3.26. The minimum Gasteiger partial charge on any atom is -0.497 e. The van der Waals surface area contributed by atoms with E-state index in [2.05, 4.69) is 17.4 Å². The fourth-order valence-corrected chi connectivity index (χ4v) is 3.75. The van der Waals surface area contributed by atoms with Crippen LogP contribution < -0.4 is 19.5 Å². The number of carbonyl (C=O) groups is 1. The lowest BCUT2D eigenvalue weighted by Crippen LogP contribution is -2.23. The lowest BCUT2D eigenvalue weighted by atomic mass is 9.86. The van der Waals surface area contributed by atoms with Crippen molar-refractivity contribution in [2.75, 3.05) is 33.3 Å². The van der Waals surface area contributed by atoms with Gasteiger partial charge in [-0.05, 0) is 42.7 Å². The van der Waals surface area contributed by atoms with E-state index in [1.165, 1.54) is 0 Å². The van der Waals surface area contributed by atoms with E-state index >= 15 is 0 Å². The second-order valence-electron chi connectivity index (χ2n) is 6.64. The number of hydrogen-bond acceptors (Lipinski definition) is 6. The number of hydrogen-bond donors (Lipinski definition) is 1. The fraction of sp³-hybridized carbons (Fsp3) is 0.409. The summed E-state index contributed by atoms with van der Waals surface area (Å²) in [6.07, 6.45) is 1.02. The number of carbonyl (C=O) groups excluding carboxylic acids is 1. The van der Waals surface area contributed by atoms with Crippen LogP contribution in [0.4, 0.5) is 5.69 Å². The molecule has 0 bridgehead atoms. The molecule has 1 N–H and O–H groups in total. The summed E-state index contributed by atoms with van der Waals surface area (Å²) in [5.74, 6) is 2.07. The van der Waals surface area contributed by atoms with Crippen LogP contribution in [0, 0.1) is 0 Å². The highest BCUT2D eigenvalue weighted by Crippen LogP contribution is 2.46. The van der Waals surface area contributed by atoms with Crippen molar-refractivity contribution in [1.29, 1.82) is 0 Å². The third kappa shape index (κ3) is 4.01. The Kier molecular flexibility index (Phi) is 6.29. The second kappa shape index (κ2) is 8.87. The molecule has 1 heterocycles. The summed E-state index contributed by atoms with van der Waals surface area (Å²) in [4.78, 5) is 11.9. The number of benzene rings is 2. The van der Waals surface area contributed by atoms with Crippen LogP contribution in [0.3, 0.4) is 0 Å². The first-order valence-electron chi connectivity index (χ1n) is 9.43. The van der Waals surface area contributed by atoms with Crippen LogP contribution in [0.25, 0.3) is 0 Å². The Bertz CT molecular complexity index is 818. The molecular weight excluding hydrogens is 358 g/mol. The standard InChI is InChI=1S/C22H27NO5/c1-5-28-21(24)11-10-17-22(14-6-8-15(25-2)9-7-14)16-12-19(26-3)20(27-4)13-18(16)23-17/h6-9,12-13,17,22-23H,5,10-11H2,1-4H3. The van der Waals surface area contributed by atoms with Crippen molar-refractivity contribution in [2.24, 2.45) is 0 Å². The molecule has 6 nitrogen and oxygen atoms in total. The van der Waals surface area contributed by atoms with Crippen LogP contribution in [-0.2, 0) is 9.53 Å². The highest BCUT2D eigenvalue weighted by Gasteiger charge is 2.35. The van der Waals surface area contributed by atoms with Gasteiger partial charge in [-0.25, -0.2) is 0 Å². The zero-order chi connectivity index (χ0) is 20.1. The van der Waals surface area contributed by atoms with Crippen molar-refractivity contribution >= 4 is 11.7 Å². The summed E-state index contributed by atoms with van der Waals surface area (Å²) in [5, 5.41) is 3.56. The van der Waals surface area contributed by atoms with Gasteiger partial charge in [-0.1, -0.05) is 12.1 Å². The molecule has 0 fully saturated rings. The van der Waals surface area contributed by atoms with E-state index in [4.69, 9.17) is 18.9 Å². The van der Waals surface area contributed by atoms with Gasteiger partial charge in [0.2, 0.25) is 0 Å². The summed E-state index contributed by atoms with van der Waals surface area (Å²) < 4.78 is 21.3. The van der Waals surface area contributed by atoms with E-state index in [9.17, 15) is 4.79 Å². The number of fused-ring (bicyclic) bond motifs is 1. The van der Waals surface area contributed by atoms with Gasteiger partial charge in [-0.3, -0.25) is 4.79 Å². The van der Waals surface area contributed by atoms with Gasteiger partial charge in [0.05, 0.1) is 27.9 Å². The molecule has 0 radical (unpaired) electrons. The Morgan fingerprint density at radius 2 is 1.68 bits per heavy atom. The van der Waals surface area contributed by atoms with E-state index in [0.717, 1.165) is 22.6 Å². The third-order valence-corrected chi connectivity index (χ3v) is 5.07. The molecule has 0 spiro atoms. The zero-order valence-electron chi connectivity index (χ0n) is 16.8. The van der Waals surface area contributed by atoms with Crippen LogP contribution in [0.1, 0.15) is 36.8 Å². The van der Waals surface area contributed by atoms with E-state index in [1.54, 1.807) is 21.3 Å². The maximum Gasteiger partial charge on any atom is 0.305 e. The molecule has 2 unspecified atom stereocenters. The minimum atomic E-state index is -0.177. The molecule has 0 amide bonds. The van der Waals surface area contributed by atoms with E-state index in [-0.39, 0.29) is 17.9 Å². The van der Waals surface area contributed by atoms with Crippen molar-refractivity contribution in [2.45, 2.75) is 31.7 Å². The molecule has 0 saturated carbocycles. The SMILES string of the molecule is CCOC(=O)CCC1Nc2cc(OC)c(OC)cc2C1c1ccc(OC)cc1. The Hall–Kier alpha value is -2.89. The average molecular weight is 385 g/mol. The minimum absolute atomic E-state index is 0.0598. The van der Waals surface area contributed by atoms with E-state index < -0.39 is 0 Å². The van der Waals surface area contributed by atoms with E-state index in [0.29, 0.717) is 30.9 Å². The third-order valence-electron chi connectivity index (χ3n) is 5.07. The molecule has 1 aliphatic rings. The Morgan fingerprint density at radius 1 is 1.00 bits per heavy atom. The number of methoxy groups -OCH3 is 3. The first-order chi connectivity index (χ1) is 13.6. The topological polar surface area (TPSA) is 66.0 Å². The molecule has 2 aromatic rings. The quantitative estimate of drug-likeness (QED) is 0.694. The van der Waals surface area contributed by atoms with Gasteiger partial charge < -0.3 is 24.3 Å². The molecular formula is C22H27NO5. The Labute approximate surface area is 165 Å². The first kappa shape index (κ1) is 19.9. The largest absolute Gasteiger partial charge is 0.497 e. The van der Waals surface area contributed by atoms with Crippen molar-refractivity contribution in [3.63, 3.8) is 0 Å². The molecule has 0 saturated heterocycles. The highest BCUT2D eigenvalue weighted by molar-refractivity contribution is 5.71. The van der Waals surface area contributed by atoms with Crippen LogP contribution in [0.5, 0.6) is 17.2 Å². The van der Waals surface area contributed by atoms with Crippen LogP contribution in [0.2, 0.25) is 0 Å². The molecule has 0 aliphatic carbocycles. The summed E-state index contributed by atoms with van der Waals surface area (Å²) in [6.45, 7) is 2.22. The van der Waals surface area contributed by atoms with E-state index in [1.807, 2.05) is 31.2 Å². The van der Waals surface area contributed by atoms with Crippen molar-refractivity contribution < 1.29 is 23.7 Å². The highest BCUT2D eigenvalue weighted by atomic mass is 16.5. The van der Waals surface area contributed by atoms with Crippen molar-refractivity contribution in [3.05, 3.63) is 47.5 Å². The normalized spacial score (nSPS) is 17.4. The zero-order valence-corrected chi connectivity index (χ0v) is 16.8. The Balaban J connectivity index is 1.95. The molecule has 1 aliphatic heterocycles.